The van der Waals surface area contributed by atoms with Crippen LogP contribution in [0.4, 0.5) is 5.82 Å². The second-order valence-electron chi connectivity index (χ2n) is 7.35. The van der Waals surface area contributed by atoms with E-state index < -0.39 is 5.97 Å². The monoisotopic (exact) mass is 407 g/mol. The number of carbonyl (C=O) groups excluding carboxylic acids is 3. The summed E-state index contributed by atoms with van der Waals surface area (Å²) in [6, 6.07) is 0. The van der Waals surface area contributed by atoms with Gasteiger partial charge in [0.1, 0.15) is 11.4 Å². The van der Waals surface area contributed by atoms with E-state index in [0.717, 1.165) is 38.6 Å². The summed E-state index contributed by atoms with van der Waals surface area (Å²) in [5.41, 5.74) is 0.237. The molecule has 1 aliphatic heterocycles. The first-order chi connectivity index (χ1) is 14.0. The number of rotatable bonds is 10. The predicted molar refractivity (Wildman–Crippen MR) is 109 cm³/mol. The molecule has 0 radical (unpaired) electrons. The summed E-state index contributed by atoms with van der Waals surface area (Å²) in [4.78, 5) is 38.7. The molecule has 0 aromatic carbocycles. The third kappa shape index (κ3) is 6.85. The Hall–Kier alpha value is -2.42. The zero-order chi connectivity index (χ0) is 21.2. The summed E-state index contributed by atoms with van der Waals surface area (Å²) in [6.07, 6.45) is 6.15. The van der Waals surface area contributed by atoms with E-state index in [1.54, 1.807) is 14.0 Å². The van der Waals surface area contributed by atoms with Gasteiger partial charge in [-0.05, 0) is 39.3 Å². The van der Waals surface area contributed by atoms with Gasteiger partial charge < -0.3 is 15.4 Å². The number of unbranched alkanes of at least 4 members (excludes halogenated alkanes) is 2. The molecule has 0 unspecified atom stereocenters. The van der Waals surface area contributed by atoms with E-state index >= 15 is 0 Å². The van der Waals surface area contributed by atoms with Gasteiger partial charge in [-0.1, -0.05) is 19.8 Å². The number of aromatic nitrogens is 2. The highest BCUT2D eigenvalue weighted by atomic mass is 16.5. The summed E-state index contributed by atoms with van der Waals surface area (Å²) in [6.45, 7) is 6.44. The smallest absolute Gasteiger partial charge is 0.343 e. The Morgan fingerprint density at radius 2 is 1.93 bits per heavy atom. The van der Waals surface area contributed by atoms with Crippen LogP contribution in [0.25, 0.3) is 0 Å². The van der Waals surface area contributed by atoms with Crippen LogP contribution in [0, 0.1) is 5.92 Å². The third-order valence-corrected chi connectivity index (χ3v) is 5.10. The van der Waals surface area contributed by atoms with Crippen LogP contribution >= 0.6 is 0 Å². The first kappa shape index (κ1) is 22.9. The number of ether oxygens (including phenoxy) is 1. The van der Waals surface area contributed by atoms with Crippen LogP contribution in [-0.2, 0) is 21.4 Å². The molecule has 0 atom stereocenters. The molecule has 1 aliphatic rings. The molecule has 1 aromatic rings. The Labute approximate surface area is 172 Å². The van der Waals surface area contributed by atoms with Crippen molar-refractivity contribution in [2.24, 2.45) is 13.0 Å². The summed E-state index contributed by atoms with van der Waals surface area (Å²) >= 11 is 0. The fourth-order valence-electron chi connectivity index (χ4n) is 3.40. The lowest BCUT2D eigenvalue weighted by Gasteiger charge is -2.30. The largest absolute Gasteiger partial charge is 0.462 e. The predicted octanol–water partition coefficient (Wildman–Crippen LogP) is 1.55. The maximum absolute atomic E-state index is 12.5. The van der Waals surface area contributed by atoms with Crippen LogP contribution in [-0.4, -0.2) is 65.2 Å². The van der Waals surface area contributed by atoms with Crippen molar-refractivity contribution in [3.8, 4) is 0 Å². The first-order valence-corrected chi connectivity index (χ1v) is 10.4. The van der Waals surface area contributed by atoms with Gasteiger partial charge in [0.2, 0.25) is 11.8 Å². The SMILES string of the molecule is CCCCCNC(=O)C1CCN(CC(=O)Nc2c(C(=O)OCC)cnn2C)CC1. The van der Waals surface area contributed by atoms with Crippen LogP contribution < -0.4 is 10.6 Å². The molecule has 1 aromatic heterocycles. The zero-order valence-corrected chi connectivity index (χ0v) is 17.7. The lowest BCUT2D eigenvalue weighted by atomic mass is 9.96. The molecule has 1 fully saturated rings. The van der Waals surface area contributed by atoms with Crippen molar-refractivity contribution in [2.75, 3.05) is 38.1 Å². The molecule has 2 N–H and O–H groups in total. The molecule has 2 amide bonds. The van der Waals surface area contributed by atoms with Crippen molar-refractivity contribution in [2.45, 2.75) is 46.0 Å². The number of nitrogens with one attached hydrogen (secondary N) is 2. The van der Waals surface area contributed by atoms with Gasteiger partial charge in [-0.25, -0.2) is 4.79 Å². The van der Waals surface area contributed by atoms with Gasteiger partial charge in [-0.2, -0.15) is 5.10 Å². The van der Waals surface area contributed by atoms with Crippen molar-refractivity contribution in [1.29, 1.82) is 0 Å². The molecule has 1 saturated heterocycles. The normalized spacial score (nSPS) is 15.1. The molecule has 9 nitrogen and oxygen atoms in total. The molecule has 162 valence electrons. The van der Waals surface area contributed by atoms with E-state index in [2.05, 4.69) is 22.7 Å². The van der Waals surface area contributed by atoms with Crippen LogP contribution in [0.1, 0.15) is 56.3 Å². The Kier molecular flexibility index (Phi) is 9.11. The van der Waals surface area contributed by atoms with E-state index in [1.807, 2.05) is 4.90 Å². The van der Waals surface area contributed by atoms with E-state index in [4.69, 9.17) is 4.74 Å². The van der Waals surface area contributed by atoms with Gasteiger partial charge in [0.05, 0.1) is 19.3 Å². The number of hydrogen-bond acceptors (Lipinski definition) is 6. The number of piperidine rings is 1. The number of nitrogens with zero attached hydrogens (tertiary/aromatic N) is 3. The highest BCUT2D eigenvalue weighted by Crippen LogP contribution is 2.18. The topological polar surface area (TPSA) is 106 Å². The average molecular weight is 408 g/mol. The Morgan fingerprint density at radius 3 is 2.59 bits per heavy atom. The molecule has 0 spiro atoms. The van der Waals surface area contributed by atoms with E-state index in [9.17, 15) is 14.4 Å². The number of likely N-dealkylation sites (tertiary alicyclic amines) is 1. The Morgan fingerprint density at radius 1 is 1.21 bits per heavy atom. The minimum atomic E-state index is -0.512. The molecule has 2 heterocycles. The lowest BCUT2D eigenvalue weighted by molar-refractivity contribution is -0.126. The molecule has 2 rings (SSSR count). The fourth-order valence-corrected chi connectivity index (χ4v) is 3.40. The Bertz CT molecular complexity index is 695. The second kappa shape index (κ2) is 11.5. The van der Waals surface area contributed by atoms with Crippen LogP contribution in [0.15, 0.2) is 6.20 Å². The van der Waals surface area contributed by atoms with Crippen LogP contribution in [0.2, 0.25) is 0 Å². The molecular formula is C20H33N5O4. The van der Waals surface area contributed by atoms with Crippen molar-refractivity contribution in [3.05, 3.63) is 11.8 Å². The first-order valence-electron chi connectivity index (χ1n) is 10.4. The van der Waals surface area contributed by atoms with Gasteiger partial charge in [0.25, 0.3) is 0 Å². The van der Waals surface area contributed by atoms with Gasteiger partial charge in [0.15, 0.2) is 0 Å². The van der Waals surface area contributed by atoms with Crippen molar-refractivity contribution in [1.82, 2.24) is 20.0 Å². The summed E-state index contributed by atoms with van der Waals surface area (Å²) in [5.74, 6) is -0.263. The maximum Gasteiger partial charge on any atom is 0.343 e. The van der Waals surface area contributed by atoms with Crippen molar-refractivity contribution in [3.63, 3.8) is 0 Å². The number of carbonyl (C=O) groups is 3. The standard InChI is InChI=1S/C20H33N5O4/c1-4-6-7-10-21-19(27)15-8-11-25(12-9-15)14-17(26)23-18-16(13-22-24(18)3)20(28)29-5-2/h13,15H,4-12,14H2,1-3H3,(H,21,27)(H,23,26). The van der Waals surface area contributed by atoms with Gasteiger partial charge in [-0.3, -0.25) is 19.2 Å². The molecule has 0 aliphatic carbocycles. The van der Waals surface area contributed by atoms with Crippen molar-refractivity contribution < 1.29 is 19.1 Å². The number of esters is 1. The number of aryl methyl sites for hydroxylation is 1. The van der Waals surface area contributed by atoms with Gasteiger partial charge in [0, 0.05) is 19.5 Å². The highest BCUT2D eigenvalue weighted by Gasteiger charge is 2.26. The molecule has 0 saturated carbocycles. The minimum Gasteiger partial charge on any atom is -0.462 e. The van der Waals surface area contributed by atoms with E-state index in [1.165, 1.54) is 10.9 Å². The highest BCUT2D eigenvalue weighted by molar-refractivity contribution is 6.00. The second-order valence-corrected chi connectivity index (χ2v) is 7.35. The number of hydrogen-bond donors (Lipinski definition) is 2. The summed E-state index contributed by atoms with van der Waals surface area (Å²) in [7, 11) is 1.66. The molecule has 0 bridgehead atoms. The summed E-state index contributed by atoms with van der Waals surface area (Å²) in [5, 5.41) is 9.80. The van der Waals surface area contributed by atoms with E-state index in [-0.39, 0.29) is 36.4 Å². The minimum absolute atomic E-state index is 0.0171. The van der Waals surface area contributed by atoms with Crippen LogP contribution in [0.5, 0.6) is 0 Å². The fraction of sp³-hybridized carbons (Fsp3) is 0.700. The lowest BCUT2D eigenvalue weighted by Crippen LogP contribution is -2.43. The number of anilines is 1. The van der Waals surface area contributed by atoms with Gasteiger partial charge in [-0.15, -0.1) is 0 Å². The van der Waals surface area contributed by atoms with Crippen LogP contribution in [0.3, 0.4) is 0 Å². The number of amides is 2. The molecule has 29 heavy (non-hydrogen) atoms. The molecular weight excluding hydrogens is 374 g/mol. The zero-order valence-electron chi connectivity index (χ0n) is 17.7. The Balaban J connectivity index is 1.78. The average Bonchev–Trinajstić information content (AvgIpc) is 3.06. The summed E-state index contributed by atoms with van der Waals surface area (Å²) < 4.78 is 6.44. The quantitative estimate of drug-likeness (QED) is 0.450. The molecule has 9 heteroatoms. The maximum atomic E-state index is 12.5. The van der Waals surface area contributed by atoms with E-state index in [0.29, 0.717) is 18.9 Å². The van der Waals surface area contributed by atoms with Gasteiger partial charge >= 0.3 is 5.97 Å². The van der Waals surface area contributed by atoms with Crippen molar-refractivity contribution >= 4 is 23.6 Å². The third-order valence-electron chi connectivity index (χ3n) is 5.10.